The summed E-state index contributed by atoms with van der Waals surface area (Å²) in [4.78, 5) is 0. The second kappa shape index (κ2) is 11.2. The van der Waals surface area contributed by atoms with E-state index in [0.717, 1.165) is 12.0 Å². The van der Waals surface area contributed by atoms with E-state index in [0.29, 0.717) is 5.56 Å². The lowest BCUT2D eigenvalue weighted by Gasteiger charge is -2.02. The van der Waals surface area contributed by atoms with Crippen LogP contribution < -0.4 is 4.74 Å². The predicted octanol–water partition coefficient (Wildman–Crippen LogP) is 5.80. The standard InChI is InChI=1S/C22H27FN2O/c1-3-4-5-6-7-8-18-9-11-19(12-10-18)16-24-25-17-20-13-14-22(26-2)21(23)15-20/h9-17H,3-8H2,1-2H3/b24-16+,25-17+. The Kier molecular flexibility index (Phi) is 8.53. The molecule has 138 valence electrons. The summed E-state index contributed by atoms with van der Waals surface area (Å²) in [6.07, 6.45) is 10.8. The van der Waals surface area contributed by atoms with Crippen molar-refractivity contribution < 1.29 is 9.13 Å². The van der Waals surface area contributed by atoms with E-state index in [-0.39, 0.29) is 5.75 Å². The zero-order chi connectivity index (χ0) is 18.6. The van der Waals surface area contributed by atoms with Gasteiger partial charge in [-0.15, -0.1) is 0 Å². The maximum atomic E-state index is 13.6. The minimum Gasteiger partial charge on any atom is -0.494 e. The molecule has 0 atom stereocenters. The molecule has 0 radical (unpaired) electrons. The SMILES string of the molecule is CCCCCCCc1ccc(/C=N/N=C/c2ccc(OC)c(F)c2)cc1. The first kappa shape index (κ1) is 19.8. The Hall–Kier alpha value is -2.49. The quantitative estimate of drug-likeness (QED) is 0.301. The van der Waals surface area contributed by atoms with E-state index in [2.05, 4.69) is 29.3 Å². The second-order valence-corrected chi connectivity index (χ2v) is 6.29. The smallest absolute Gasteiger partial charge is 0.165 e. The minimum absolute atomic E-state index is 0.219. The molecule has 2 rings (SSSR count). The molecule has 2 aromatic rings. The minimum atomic E-state index is -0.411. The number of rotatable bonds is 10. The van der Waals surface area contributed by atoms with Crippen LogP contribution in [-0.2, 0) is 6.42 Å². The molecule has 0 fully saturated rings. The fraction of sp³-hybridized carbons (Fsp3) is 0.364. The largest absolute Gasteiger partial charge is 0.494 e. The molecule has 0 aliphatic heterocycles. The molecule has 4 heteroatoms. The number of aryl methyl sites for hydroxylation is 1. The highest BCUT2D eigenvalue weighted by Crippen LogP contribution is 2.16. The first-order valence-electron chi connectivity index (χ1n) is 9.22. The lowest BCUT2D eigenvalue weighted by atomic mass is 10.0. The summed E-state index contributed by atoms with van der Waals surface area (Å²) in [7, 11) is 1.44. The summed E-state index contributed by atoms with van der Waals surface area (Å²) in [6.45, 7) is 2.24. The number of methoxy groups -OCH3 is 1. The predicted molar refractivity (Wildman–Crippen MR) is 107 cm³/mol. The van der Waals surface area contributed by atoms with Gasteiger partial charge in [0, 0.05) is 0 Å². The average molecular weight is 354 g/mol. The van der Waals surface area contributed by atoms with Crippen molar-refractivity contribution in [1.29, 1.82) is 0 Å². The molecule has 0 bridgehead atoms. The van der Waals surface area contributed by atoms with E-state index < -0.39 is 5.82 Å². The van der Waals surface area contributed by atoms with Crippen molar-refractivity contribution in [1.82, 2.24) is 0 Å². The van der Waals surface area contributed by atoms with Gasteiger partial charge >= 0.3 is 0 Å². The Morgan fingerprint density at radius 2 is 1.54 bits per heavy atom. The maximum Gasteiger partial charge on any atom is 0.165 e. The summed E-state index contributed by atoms with van der Waals surface area (Å²) in [5.74, 6) is -0.193. The van der Waals surface area contributed by atoms with Crippen LogP contribution in [0.1, 0.15) is 55.7 Å². The van der Waals surface area contributed by atoms with Gasteiger partial charge < -0.3 is 4.74 Å². The van der Waals surface area contributed by atoms with Crippen LogP contribution in [-0.4, -0.2) is 19.5 Å². The van der Waals surface area contributed by atoms with E-state index in [1.807, 2.05) is 12.1 Å². The first-order chi connectivity index (χ1) is 12.7. The number of ether oxygens (including phenoxy) is 1. The third-order valence-electron chi connectivity index (χ3n) is 4.20. The maximum absolute atomic E-state index is 13.6. The van der Waals surface area contributed by atoms with Crippen molar-refractivity contribution in [2.24, 2.45) is 10.2 Å². The van der Waals surface area contributed by atoms with Crippen molar-refractivity contribution in [2.75, 3.05) is 7.11 Å². The van der Waals surface area contributed by atoms with Crippen LogP contribution in [0.3, 0.4) is 0 Å². The molecule has 0 spiro atoms. The molecule has 0 aliphatic rings. The van der Waals surface area contributed by atoms with Crippen molar-refractivity contribution in [2.45, 2.75) is 45.4 Å². The molecule has 0 unspecified atom stereocenters. The molecule has 0 N–H and O–H groups in total. The summed E-state index contributed by atoms with van der Waals surface area (Å²) in [5, 5.41) is 8.00. The molecule has 26 heavy (non-hydrogen) atoms. The Bertz CT molecular complexity index is 723. The molecule has 0 heterocycles. The Balaban J connectivity index is 1.81. The number of halogens is 1. The van der Waals surface area contributed by atoms with Gasteiger partial charge in [-0.25, -0.2) is 4.39 Å². The second-order valence-electron chi connectivity index (χ2n) is 6.29. The summed E-state index contributed by atoms with van der Waals surface area (Å²) < 4.78 is 18.5. The summed E-state index contributed by atoms with van der Waals surface area (Å²) >= 11 is 0. The van der Waals surface area contributed by atoms with E-state index in [1.165, 1.54) is 57.1 Å². The molecule has 3 nitrogen and oxygen atoms in total. The van der Waals surface area contributed by atoms with Gasteiger partial charge in [-0.3, -0.25) is 0 Å². The number of hydrogen-bond donors (Lipinski definition) is 0. The number of unbranched alkanes of at least 4 members (excludes halogenated alkanes) is 4. The summed E-state index contributed by atoms with van der Waals surface area (Å²) in [5.41, 5.74) is 2.99. The summed E-state index contributed by atoms with van der Waals surface area (Å²) in [6, 6.07) is 13.1. The average Bonchev–Trinajstić information content (AvgIpc) is 2.66. The number of hydrogen-bond acceptors (Lipinski definition) is 3. The van der Waals surface area contributed by atoms with Gasteiger partial charge in [0.2, 0.25) is 0 Å². The van der Waals surface area contributed by atoms with Crippen LogP contribution in [0.4, 0.5) is 4.39 Å². The number of benzene rings is 2. The molecular formula is C22H27FN2O. The van der Waals surface area contributed by atoms with Crippen molar-refractivity contribution >= 4 is 12.4 Å². The molecule has 0 amide bonds. The van der Waals surface area contributed by atoms with Crippen LogP contribution in [0.5, 0.6) is 5.75 Å². The topological polar surface area (TPSA) is 34.0 Å². The van der Waals surface area contributed by atoms with E-state index in [4.69, 9.17) is 4.74 Å². The van der Waals surface area contributed by atoms with E-state index >= 15 is 0 Å². The molecule has 2 aromatic carbocycles. The van der Waals surface area contributed by atoms with Gasteiger partial charge in [-0.1, -0.05) is 56.9 Å². The highest BCUT2D eigenvalue weighted by atomic mass is 19.1. The van der Waals surface area contributed by atoms with Gasteiger partial charge in [-0.2, -0.15) is 10.2 Å². The fourth-order valence-corrected chi connectivity index (χ4v) is 2.67. The van der Waals surface area contributed by atoms with Crippen LogP contribution in [0.2, 0.25) is 0 Å². The van der Waals surface area contributed by atoms with Gasteiger partial charge in [0.25, 0.3) is 0 Å². The molecular weight excluding hydrogens is 327 g/mol. The monoisotopic (exact) mass is 354 g/mol. The highest BCUT2D eigenvalue weighted by molar-refractivity contribution is 5.82. The van der Waals surface area contributed by atoms with Gasteiger partial charge in [0.15, 0.2) is 11.6 Å². The lowest BCUT2D eigenvalue weighted by molar-refractivity contribution is 0.386. The Labute approximate surface area is 155 Å². The molecule has 0 saturated heterocycles. The Morgan fingerprint density at radius 1 is 0.885 bits per heavy atom. The third kappa shape index (κ3) is 6.79. The third-order valence-corrected chi connectivity index (χ3v) is 4.20. The van der Waals surface area contributed by atoms with Gasteiger partial charge in [-0.05, 0) is 47.7 Å². The van der Waals surface area contributed by atoms with Crippen LogP contribution >= 0.6 is 0 Å². The zero-order valence-corrected chi connectivity index (χ0v) is 15.6. The van der Waals surface area contributed by atoms with Crippen molar-refractivity contribution in [3.63, 3.8) is 0 Å². The van der Waals surface area contributed by atoms with Crippen molar-refractivity contribution in [3.05, 3.63) is 65.0 Å². The normalized spacial score (nSPS) is 11.5. The first-order valence-corrected chi connectivity index (χ1v) is 9.22. The number of nitrogens with zero attached hydrogens (tertiary/aromatic N) is 2. The highest BCUT2D eigenvalue weighted by Gasteiger charge is 2.01. The van der Waals surface area contributed by atoms with Crippen LogP contribution in [0, 0.1) is 5.82 Å². The van der Waals surface area contributed by atoms with Gasteiger partial charge in [0.1, 0.15) is 0 Å². The zero-order valence-electron chi connectivity index (χ0n) is 15.6. The van der Waals surface area contributed by atoms with E-state index in [9.17, 15) is 4.39 Å². The Morgan fingerprint density at radius 3 is 2.19 bits per heavy atom. The van der Waals surface area contributed by atoms with Crippen LogP contribution in [0.25, 0.3) is 0 Å². The lowest BCUT2D eigenvalue weighted by Crippen LogP contribution is -1.90. The van der Waals surface area contributed by atoms with Gasteiger partial charge in [0.05, 0.1) is 19.5 Å². The van der Waals surface area contributed by atoms with Crippen molar-refractivity contribution in [3.8, 4) is 5.75 Å². The molecule has 0 aromatic heterocycles. The fourth-order valence-electron chi connectivity index (χ4n) is 2.67. The molecule has 0 saturated carbocycles. The van der Waals surface area contributed by atoms with Crippen LogP contribution in [0.15, 0.2) is 52.7 Å². The molecule has 0 aliphatic carbocycles. The van der Waals surface area contributed by atoms with E-state index in [1.54, 1.807) is 18.3 Å².